The van der Waals surface area contributed by atoms with Crippen molar-refractivity contribution in [2.24, 2.45) is 0 Å². The number of nitrogens with zero attached hydrogens (tertiary/aromatic N) is 4. The summed E-state index contributed by atoms with van der Waals surface area (Å²) in [5, 5.41) is 11.2. The van der Waals surface area contributed by atoms with Crippen LogP contribution < -0.4 is 5.01 Å². The van der Waals surface area contributed by atoms with Crippen LogP contribution in [-0.4, -0.2) is 37.6 Å². The second-order valence-corrected chi connectivity index (χ2v) is 5.41. The second-order valence-electron chi connectivity index (χ2n) is 4.49. The highest BCUT2D eigenvalue weighted by molar-refractivity contribution is 9.10. The van der Waals surface area contributed by atoms with Crippen LogP contribution in [-0.2, 0) is 4.79 Å². The van der Waals surface area contributed by atoms with Crippen LogP contribution >= 0.6 is 15.9 Å². The van der Waals surface area contributed by atoms with Crippen LogP contribution in [0.25, 0.3) is 0 Å². The standard InChI is InChI=1S/C10H11BrN4O3/c1-10(2)3-7(16)14(15(10)9(17)18)8-12-4-6(11)5-13-8/h4-5H,3H2,1-2H3,(H,17,18). The van der Waals surface area contributed by atoms with Gasteiger partial charge in [-0.3, -0.25) is 4.79 Å². The van der Waals surface area contributed by atoms with E-state index in [4.69, 9.17) is 0 Å². The Hall–Kier alpha value is -1.70. The van der Waals surface area contributed by atoms with E-state index < -0.39 is 11.6 Å². The molecule has 0 spiro atoms. The van der Waals surface area contributed by atoms with Crippen molar-refractivity contribution in [2.45, 2.75) is 25.8 Å². The fraction of sp³-hybridized carbons (Fsp3) is 0.400. The Balaban J connectivity index is 2.44. The lowest BCUT2D eigenvalue weighted by Crippen LogP contribution is -2.51. The molecule has 0 aliphatic carbocycles. The largest absolute Gasteiger partial charge is 0.464 e. The van der Waals surface area contributed by atoms with E-state index in [1.807, 2.05) is 0 Å². The van der Waals surface area contributed by atoms with Crippen molar-refractivity contribution in [1.29, 1.82) is 0 Å². The summed E-state index contributed by atoms with van der Waals surface area (Å²) in [7, 11) is 0. The van der Waals surface area contributed by atoms with Crippen LogP contribution in [0.1, 0.15) is 20.3 Å². The van der Waals surface area contributed by atoms with E-state index in [-0.39, 0.29) is 18.3 Å². The van der Waals surface area contributed by atoms with Gasteiger partial charge in [0.1, 0.15) is 0 Å². The Labute approximate surface area is 112 Å². The smallest absolute Gasteiger partial charge is 0.427 e. The molecule has 1 saturated heterocycles. The van der Waals surface area contributed by atoms with E-state index in [1.54, 1.807) is 13.8 Å². The first-order valence-corrected chi connectivity index (χ1v) is 5.96. The van der Waals surface area contributed by atoms with Gasteiger partial charge >= 0.3 is 6.09 Å². The molecule has 96 valence electrons. The number of aromatic nitrogens is 2. The number of carboxylic acid groups (broad SMARTS) is 1. The average Bonchev–Trinajstić information content (AvgIpc) is 2.49. The monoisotopic (exact) mass is 314 g/mol. The van der Waals surface area contributed by atoms with Crippen LogP contribution in [0.5, 0.6) is 0 Å². The minimum absolute atomic E-state index is 0.0520. The SMILES string of the molecule is CC1(C)CC(=O)N(c2ncc(Br)cn2)N1C(=O)O. The number of rotatable bonds is 1. The second kappa shape index (κ2) is 4.20. The number of halogens is 1. The van der Waals surface area contributed by atoms with Gasteiger partial charge in [0.05, 0.1) is 16.4 Å². The molecule has 2 amide bonds. The van der Waals surface area contributed by atoms with Crippen LogP contribution in [0.15, 0.2) is 16.9 Å². The zero-order valence-electron chi connectivity index (χ0n) is 9.79. The van der Waals surface area contributed by atoms with E-state index in [2.05, 4.69) is 25.9 Å². The molecule has 0 saturated carbocycles. The van der Waals surface area contributed by atoms with Gasteiger partial charge in [-0.25, -0.2) is 19.8 Å². The van der Waals surface area contributed by atoms with Gasteiger partial charge in [-0.1, -0.05) is 0 Å². The van der Waals surface area contributed by atoms with Crippen LogP contribution in [0.4, 0.5) is 10.7 Å². The van der Waals surface area contributed by atoms with Gasteiger partial charge in [0.2, 0.25) is 0 Å². The predicted octanol–water partition coefficient (Wildman–Crippen LogP) is 1.65. The third kappa shape index (κ3) is 2.03. The highest BCUT2D eigenvalue weighted by Gasteiger charge is 2.48. The molecule has 1 aromatic rings. The Morgan fingerprint density at radius 1 is 1.44 bits per heavy atom. The molecule has 1 aliphatic rings. The number of hydrogen-bond donors (Lipinski definition) is 1. The summed E-state index contributed by atoms with van der Waals surface area (Å²) in [6, 6.07) is 0. The zero-order valence-corrected chi connectivity index (χ0v) is 11.4. The topological polar surface area (TPSA) is 86.6 Å². The molecular weight excluding hydrogens is 304 g/mol. The number of carbonyl (C=O) groups excluding carboxylic acids is 1. The van der Waals surface area contributed by atoms with Crippen molar-refractivity contribution in [3.63, 3.8) is 0 Å². The van der Waals surface area contributed by atoms with E-state index in [1.165, 1.54) is 12.4 Å². The van der Waals surface area contributed by atoms with Crippen LogP contribution in [0.3, 0.4) is 0 Å². The maximum absolute atomic E-state index is 11.9. The molecule has 0 unspecified atom stereocenters. The number of carbonyl (C=O) groups is 2. The van der Waals surface area contributed by atoms with Crippen molar-refractivity contribution >= 4 is 33.9 Å². The minimum atomic E-state index is -1.21. The Morgan fingerprint density at radius 2 is 2.00 bits per heavy atom. The van der Waals surface area contributed by atoms with Gasteiger partial charge in [0, 0.05) is 12.4 Å². The Kier molecular flexibility index (Phi) is 2.97. The van der Waals surface area contributed by atoms with E-state index in [0.717, 1.165) is 10.0 Å². The normalized spacial score (nSPS) is 18.3. The lowest BCUT2D eigenvalue weighted by atomic mass is 10.0. The minimum Gasteiger partial charge on any atom is -0.464 e. The van der Waals surface area contributed by atoms with Crippen LogP contribution in [0, 0.1) is 0 Å². The lowest BCUT2D eigenvalue weighted by molar-refractivity contribution is -0.118. The molecule has 2 heterocycles. The highest BCUT2D eigenvalue weighted by atomic mass is 79.9. The molecule has 0 radical (unpaired) electrons. The average molecular weight is 315 g/mol. The molecule has 7 nitrogen and oxygen atoms in total. The summed E-state index contributed by atoms with van der Waals surface area (Å²) in [5.41, 5.74) is -0.806. The van der Waals surface area contributed by atoms with Crippen molar-refractivity contribution in [2.75, 3.05) is 5.01 Å². The van der Waals surface area contributed by atoms with E-state index in [0.29, 0.717) is 4.47 Å². The first-order chi connectivity index (χ1) is 8.33. The molecule has 1 aromatic heterocycles. The molecule has 0 aromatic carbocycles. The van der Waals surface area contributed by atoms with Crippen molar-refractivity contribution in [3.8, 4) is 0 Å². The van der Waals surface area contributed by atoms with Gasteiger partial charge in [0.15, 0.2) is 0 Å². The van der Waals surface area contributed by atoms with Crippen LogP contribution in [0.2, 0.25) is 0 Å². The molecule has 1 fully saturated rings. The lowest BCUT2D eigenvalue weighted by Gasteiger charge is -2.32. The molecule has 18 heavy (non-hydrogen) atoms. The van der Waals surface area contributed by atoms with Gasteiger partial charge < -0.3 is 5.11 Å². The molecule has 0 bridgehead atoms. The van der Waals surface area contributed by atoms with Crippen molar-refractivity contribution < 1.29 is 14.7 Å². The summed E-state index contributed by atoms with van der Waals surface area (Å²) in [4.78, 5) is 31.1. The summed E-state index contributed by atoms with van der Waals surface area (Å²) in [6.45, 7) is 3.36. The number of hydrazine groups is 1. The third-order valence-electron chi connectivity index (χ3n) is 2.57. The fourth-order valence-corrected chi connectivity index (χ4v) is 2.07. The molecule has 2 rings (SSSR count). The van der Waals surface area contributed by atoms with Gasteiger partial charge in [0.25, 0.3) is 11.9 Å². The summed E-state index contributed by atoms with van der Waals surface area (Å²) in [5.74, 6) is -0.291. The van der Waals surface area contributed by atoms with E-state index in [9.17, 15) is 14.7 Å². The quantitative estimate of drug-likeness (QED) is 0.851. The first kappa shape index (κ1) is 12.7. The highest BCUT2D eigenvalue weighted by Crippen LogP contribution is 2.32. The van der Waals surface area contributed by atoms with Crippen molar-refractivity contribution in [3.05, 3.63) is 16.9 Å². The predicted molar refractivity (Wildman–Crippen MR) is 65.8 cm³/mol. The number of hydrogen-bond acceptors (Lipinski definition) is 4. The zero-order chi connectivity index (χ0) is 13.5. The molecule has 1 aliphatic heterocycles. The van der Waals surface area contributed by atoms with Gasteiger partial charge in [-0.05, 0) is 29.8 Å². The third-order valence-corrected chi connectivity index (χ3v) is 2.98. The molecule has 0 atom stereocenters. The summed E-state index contributed by atoms with van der Waals surface area (Å²) < 4.78 is 0.652. The number of amides is 2. The molecule has 1 N–H and O–H groups in total. The molecular formula is C10H11BrN4O3. The Morgan fingerprint density at radius 3 is 2.50 bits per heavy atom. The van der Waals surface area contributed by atoms with Crippen molar-refractivity contribution in [1.82, 2.24) is 15.0 Å². The number of anilines is 1. The maximum atomic E-state index is 11.9. The molecule has 8 heteroatoms. The first-order valence-electron chi connectivity index (χ1n) is 5.16. The van der Waals surface area contributed by atoms with Gasteiger partial charge in [-0.2, -0.15) is 5.01 Å². The summed E-state index contributed by atoms with van der Waals surface area (Å²) in [6.07, 6.45) is 1.80. The van der Waals surface area contributed by atoms with Gasteiger partial charge in [-0.15, -0.1) is 0 Å². The van der Waals surface area contributed by atoms with E-state index >= 15 is 0 Å². The summed E-state index contributed by atoms with van der Waals surface area (Å²) >= 11 is 3.18. The maximum Gasteiger partial charge on any atom is 0.427 e. The Bertz CT molecular complexity index is 502. The fourth-order valence-electron chi connectivity index (χ4n) is 1.86.